The van der Waals surface area contributed by atoms with Crippen molar-refractivity contribution < 1.29 is 9.53 Å². The summed E-state index contributed by atoms with van der Waals surface area (Å²) in [4.78, 5) is 11.0. The van der Waals surface area contributed by atoms with E-state index >= 15 is 0 Å². The van der Waals surface area contributed by atoms with Gasteiger partial charge in [0.25, 0.3) is 0 Å². The molecular formula is C12H23BrO2Si. The second kappa shape index (κ2) is 8.07. The van der Waals surface area contributed by atoms with Crippen molar-refractivity contribution in [2.45, 2.75) is 51.7 Å². The number of rotatable bonds is 8. The second-order valence-corrected chi connectivity index (χ2v) is 15.2. The first kappa shape index (κ1) is 15.9. The summed E-state index contributed by atoms with van der Waals surface area (Å²) in [5, 5.41) is 0. The lowest BCUT2D eigenvalue weighted by Crippen LogP contribution is -2.14. The van der Waals surface area contributed by atoms with Crippen molar-refractivity contribution in [3.8, 4) is 0 Å². The maximum Gasteiger partial charge on any atom is 0.333 e. The van der Waals surface area contributed by atoms with E-state index in [1.165, 1.54) is 18.9 Å². The lowest BCUT2D eigenvalue weighted by Gasteiger charge is -2.12. The minimum atomic E-state index is -1.04. The van der Waals surface area contributed by atoms with Crippen LogP contribution in [0.4, 0.5) is 0 Å². The van der Waals surface area contributed by atoms with Crippen LogP contribution in [0.2, 0.25) is 19.1 Å². The van der Waals surface area contributed by atoms with Crippen molar-refractivity contribution in [3.05, 3.63) is 12.2 Å². The Labute approximate surface area is 108 Å². The smallest absolute Gasteiger partial charge is 0.333 e. The Morgan fingerprint density at radius 1 is 1.25 bits per heavy atom. The van der Waals surface area contributed by atoms with E-state index in [9.17, 15) is 4.79 Å². The van der Waals surface area contributed by atoms with Gasteiger partial charge in [0.15, 0.2) is 0 Å². The minimum absolute atomic E-state index is 0.269. The zero-order valence-electron chi connectivity index (χ0n) is 10.6. The molecule has 0 atom stereocenters. The van der Waals surface area contributed by atoms with E-state index in [1.54, 1.807) is 6.92 Å². The largest absolute Gasteiger partial charge is 0.462 e. The number of hydrogen-bond donors (Lipinski definition) is 0. The van der Waals surface area contributed by atoms with Gasteiger partial charge in [-0.15, -0.1) is 15.3 Å². The van der Waals surface area contributed by atoms with E-state index in [2.05, 4.69) is 35.0 Å². The number of carbonyl (C=O) groups excluding carboxylic acids is 1. The van der Waals surface area contributed by atoms with Crippen molar-refractivity contribution in [2.75, 3.05) is 6.61 Å². The first-order valence-electron chi connectivity index (χ1n) is 5.84. The van der Waals surface area contributed by atoms with Gasteiger partial charge in [-0.2, -0.15) is 0 Å². The number of carbonyl (C=O) groups is 1. The van der Waals surface area contributed by atoms with Gasteiger partial charge in [0, 0.05) is 5.57 Å². The van der Waals surface area contributed by atoms with Gasteiger partial charge in [0.1, 0.15) is 6.69 Å². The molecule has 0 aliphatic carbocycles. The maximum absolute atomic E-state index is 11.0. The molecule has 0 saturated heterocycles. The third kappa shape index (κ3) is 10.4. The third-order valence-corrected chi connectivity index (χ3v) is 4.98. The molecule has 0 bridgehead atoms. The Bertz CT molecular complexity index is 234. The van der Waals surface area contributed by atoms with Gasteiger partial charge in [-0.05, 0) is 19.4 Å². The van der Waals surface area contributed by atoms with E-state index < -0.39 is 6.69 Å². The van der Waals surface area contributed by atoms with Crippen LogP contribution >= 0.6 is 15.3 Å². The predicted octanol–water partition coefficient (Wildman–Crippen LogP) is 4.27. The van der Waals surface area contributed by atoms with E-state index in [0.717, 1.165) is 12.8 Å². The molecule has 4 heteroatoms. The third-order valence-electron chi connectivity index (χ3n) is 2.25. The van der Waals surface area contributed by atoms with E-state index in [-0.39, 0.29) is 5.97 Å². The molecule has 0 fully saturated rings. The van der Waals surface area contributed by atoms with E-state index in [0.29, 0.717) is 12.2 Å². The van der Waals surface area contributed by atoms with Crippen LogP contribution in [0, 0.1) is 0 Å². The highest BCUT2D eigenvalue weighted by Gasteiger charge is 2.14. The molecule has 0 aromatic rings. The predicted molar refractivity (Wildman–Crippen MR) is 75.5 cm³/mol. The molecule has 0 aliphatic heterocycles. The van der Waals surface area contributed by atoms with Crippen LogP contribution in [0.1, 0.15) is 32.6 Å². The van der Waals surface area contributed by atoms with Crippen molar-refractivity contribution in [1.82, 2.24) is 0 Å². The number of halogens is 1. The number of ether oxygens (including phenoxy) is 1. The fraction of sp³-hybridized carbons (Fsp3) is 0.750. The normalized spacial score (nSPS) is 11.2. The fourth-order valence-corrected chi connectivity index (χ4v) is 3.22. The highest BCUT2D eigenvalue weighted by molar-refractivity contribution is 9.26. The topological polar surface area (TPSA) is 26.3 Å². The zero-order chi connectivity index (χ0) is 12.6. The number of esters is 1. The summed E-state index contributed by atoms with van der Waals surface area (Å²) >= 11 is 3.76. The number of unbranched alkanes of at least 4 members (excludes halogenated alkanes) is 3. The van der Waals surface area contributed by atoms with Gasteiger partial charge < -0.3 is 4.74 Å². The molecule has 0 heterocycles. The summed E-state index contributed by atoms with van der Waals surface area (Å²) in [5.74, 6) is -0.269. The van der Waals surface area contributed by atoms with Gasteiger partial charge in [-0.3, -0.25) is 0 Å². The average Bonchev–Trinajstić information content (AvgIpc) is 2.14. The molecule has 2 nitrogen and oxygen atoms in total. The van der Waals surface area contributed by atoms with Crippen LogP contribution < -0.4 is 0 Å². The SMILES string of the molecule is C=C(C)C(=O)OCCCCCC[Si](C)(C)Br. The summed E-state index contributed by atoms with van der Waals surface area (Å²) < 4.78 is 5.01. The molecule has 0 aromatic carbocycles. The lowest BCUT2D eigenvalue weighted by molar-refractivity contribution is -0.139. The molecule has 0 unspecified atom stereocenters. The molecule has 0 radical (unpaired) electrons. The molecule has 0 spiro atoms. The Hall–Kier alpha value is -0.0931. The summed E-state index contributed by atoms with van der Waals surface area (Å²) in [6, 6.07) is 1.32. The minimum Gasteiger partial charge on any atom is -0.462 e. The molecule has 16 heavy (non-hydrogen) atoms. The highest BCUT2D eigenvalue weighted by Crippen LogP contribution is 2.20. The van der Waals surface area contributed by atoms with Crippen molar-refractivity contribution in [2.24, 2.45) is 0 Å². The Morgan fingerprint density at radius 3 is 2.31 bits per heavy atom. The molecule has 0 amide bonds. The van der Waals surface area contributed by atoms with Gasteiger partial charge in [-0.1, -0.05) is 38.9 Å². The Balaban J connectivity index is 3.29. The molecule has 0 saturated carbocycles. The Morgan fingerprint density at radius 2 is 1.81 bits per heavy atom. The lowest BCUT2D eigenvalue weighted by atomic mass is 10.2. The molecule has 0 rings (SSSR count). The van der Waals surface area contributed by atoms with Crippen molar-refractivity contribution in [1.29, 1.82) is 0 Å². The van der Waals surface area contributed by atoms with Crippen LogP contribution in [-0.4, -0.2) is 19.3 Å². The van der Waals surface area contributed by atoms with Crippen LogP contribution in [0.15, 0.2) is 12.2 Å². The van der Waals surface area contributed by atoms with Gasteiger partial charge in [0.2, 0.25) is 0 Å². The van der Waals surface area contributed by atoms with Crippen molar-refractivity contribution in [3.63, 3.8) is 0 Å². The molecule has 0 N–H and O–H groups in total. The molecule has 94 valence electrons. The molecular weight excluding hydrogens is 284 g/mol. The maximum atomic E-state index is 11.0. The standard InChI is InChI=1S/C12H23BrO2Si/c1-11(2)12(14)15-9-7-5-6-8-10-16(3,4)13/h1,5-10H2,2-4H3. The first-order valence-corrected chi connectivity index (χ1v) is 11.3. The van der Waals surface area contributed by atoms with E-state index in [4.69, 9.17) is 4.74 Å². The zero-order valence-corrected chi connectivity index (χ0v) is 13.2. The number of hydrogen-bond acceptors (Lipinski definition) is 2. The fourth-order valence-electron chi connectivity index (χ4n) is 1.29. The van der Waals surface area contributed by atoms with Crippen molar-refractivity contribution >= 4 is 28.0 Å². The molecule has 0 aromatic heterocycles. The average molecular weight is 307 g/mol. The highest BCUT2D eigenvalue weighted by atomic mass is 79.9. The van der Waals surface area contributed by atoms with Gasteiger partial charge in [-0.25, -0.2) is 4.79 Å². The quantitative estimate of drug-likeness (QED) is 0.220. The molecule has 0 aliphatic rings. The summed E-state index contributed by atoms with van der Waals surface area (Å²) in [5.41, 5.74) is 0.479. The summed E-state index contributed by atoms with van der Waals surface area (Å²) in [6.07, 6.45) is 4.61. The van der Waals surface area contributed by atoms with E-state index in [1.807, 2.05) is 0 Å². The second-order valence-electron chi connectivity index (χ2n) is 4.80. The summed E-state index contributed by atoms with van der Waals surface area (Å²) in [7, 11) is 0. The van der Waals surface area contributed by atoms with Gasteiger partial charge >= 0.3 is 5.97 Å². The first-order chi connectivity index (χ1) is 7.33. The van der Waals surface area contributed by atoms with Gasteiger partial charge in [0.05, 0.1) is 6.61 Å². The van der Waals surface area contributed by atoms with Crippen LogP contribution in [0.3, 0.4) is 0 Å². The van der Waals surface area contributed by atoms with Crippen LogP contribution in [-0.2, 0) is 9.53 Å². The summed E-state index contributed by atoms with van der Waals surface area (Å²) in [6.45, 7) is 9.33. The van der Waals surface area contributed by atoms with Crippen LogP contribution in [0.5, 0.6) is 0 Å². The Kier molecular flexibility index (Phi) is 8.02. The van der Waals surface area contributed by atoms with Crippen LogP contribution in [0.25, 0.3) is 0 Å². The monoisotopic (exact) mass is 306 g/mol.